The molecule has 0 aliphatic carbocycles. The lowest BCUT2D eigenvalue weighted by atomic mass is 10.2. The third-order valence-electron chi connectivity index (χ3n) is 3.29. The van der Waals surface area contributed by atoms with E-state index in [2.05, 4.69) is 10.3 Å². The average Bonchev–Trinajstić information content (AvgIpc) is 2.79. The summed E-state index contributed by atoms with van der Waals surface area (Å²) in [5.74, 6) is 2.21. The zero-order valence-electron chi connectivity index (χ0n) is 12.0. The van der Waals surface area contributed by atoms with E-state index in [1.54, 1.807) is 13.3 Å². The molecule has 3 rings (SSSR count). The second-order valence-electron chi connectivity index (χ2n) is 4.71. The Hall–Kier alpha value is -2.43. The molecule has 21 heavy (non-hydrogen) atoms. The first-order valence-corrected chi connectivity index (χ1v) is 6.99. The van der Waals surface area contributed by atoms with Gasteiger partial charge in [-0.3, -0.25) is 0 Å². The predicted octanol–water partition coefficient (Wildman–Crippen LogP) is 2.86. The van der Waals surface area contributed by atoms with Crippen molar-refractivity contribution < 1.29 is 14.2 Å². The van der Waals surface area contributed by atoms with Gasteiger partial charge in [-0.05, 0) is 18.2 Å². The molecule has 0 radical (unpaired) electrons. The standard InChI is InChI=1S/C16H18N2O3/c1-19-16-13(6-3-8-17-16)18-11-12-5-2-7-14-15(12)21-10-4-9-20-14/h2-3,5-8,18H,4,9-11H2,1H3. The van der Waals surface area contributed by atoms with Crippen LogP contribution in [0.5, 0.6) is 17.4 Å². The SMILES string of the molecule is COc1ncccc1NCc1cccc2c1OCCCO2. The third-order valence-corrected chi connectivity index (χ3v) is 3.29. The van der Waals surface area contributed by atoms with Crippen molar-refractivity contribution in [2.24, 2.45) is 0 Å². The Labute approximate surface area is 123 Å². The van der Waals surface area contributed by atoms with E-state index in [1.165, 1.54) is 0 Å². The molecule has 0 saturated carbocycles. The van der Waals surface area contributed by atoms with E-state index >= 15 is 0 Å². The third kappa shape index (κ3) is 3.02. The molecule has 0 spiro atoms. The predicted molar refractivity (Wildman–Crippen MR) is 80.2 cm³/mol. The number of hydrogen-bond acceptors (Lipinski definition) is 5. The van der Waals surface area contributed by atoms with Crippen LogP contribution >= 0.6 is 0 Å². The number of aromatic nitrogens is 1. The summed E-state index contributed by atoms with van der Waals surface area (Å²) in [5.41, 5.74) is 1.91. The molecule has 2 heterocycles. The first-order chi connectivity index (χ1) is 10.4. The fourth-order valence-corrected chi connectivity index (χ4v) is 2.27. The zero-order chi connectivity index (χ0) is 14.5. The summed E-state index contributed by atoms with van der Waals surface area (Å²) in [6.07, 6.45) is 2.60. The van der Waals surface area contributed by atoms with Crippen molar-refractivity contribution >= 4 is 5.69 Å². The second-order valence-corrected chi connectivity index (χ2v) is 4.71. The number of benzene rings is 1. The summed E-state index contributed by atoms with van der Waals surface area (Å²) in [4.78, 5) is 4.17. The topological polar surface area (TPSA) is 52.6 Å². The molecule has 1 aliphatic heterocycles. The molecule has 5 heteroatoms. The molecular weight excluding hydrogens is 268 g/mol. The maximum atomic E-state index is 5.81. The molecule has 1 aliphatic rings. The Morgan fingerprint density at radius 2 is 2.10 bits per heavy atom. The van der Waals surface area contributed by atoms with Crippen molar-refractivity contribution in [3.05, 3.63) is 42.1 Å². The Morgan fingerprint density at radius 1 is 1.19 bits per heavy atom. The highest BCUT2D eigenvalue weighted by Gasteiger charge is 2.14. The van der Waals surface area contributed by atoms with Crippen molar-refractivity contribution in [2.75, 3.05) is 25.6 Å². The summed E-state index contributed by atoms with van der Waals surface area (Å²) in [7, 11) is 1.61. The Kier molecular flexibility index (Phi) is 4.09. The van der Waals surface area contributed by atoms with Crippen LogP contribution in [-0.2, 0) is 6.54 Å². The Balaban J connectivity index is 1.79. The average molecular weight is 286 g/mol. The van der Waals surface area contributed by atoms with Crippen LogP contribution in [0.15, 0.2) is 36.5 Å². The summed E-state index contributed by atoms with van der Waals surface area (Å²) in [5, 5.41) is 3.33. The van der Waals surface area contributed by atoms with Gasteiger partial charge in [0.2, 0.25) is 5.88 Å². The van der Waals surface area contributed by atoms with Gasteiger partial charge in [-0.1, -0.05) is 12.1 Å². The van der Waals surface area contributed by atoms with Gasteiger partial charge in [0.25, 0.3) is 0 Å². The van der Waals surface area contributed by atoms with Crippen LogP contribution in [-0.4, -0.2) is 25.3 Å². The lowest BCUT2D eigenvalue weighted by Crippen LogP contribution is -2.05. The maximum absolute atomic E-state index is 5.81. The van der Waals surface area contributed by atoms with Crippen LogP contribution in [0, 0.1) is 0 Å². The molecule has 0 saturated heterocycles. The Morgan fingerprint density at radius 3 is 3.00 bits per heavy atom. The molecule has 0 bridgehead atoms. The normalized spacial score (nSPS) is 13.4. The number of fused-ring (bicyclic) bond motifs is 1. The molecule has 5 nitrogen and oxygen atoms in total. The molecular formula is C16H18N2O3. The summed E-state index contributed by atoms with van der Waals surface area (Å²) >= 11 is 0. The number of rotatable bonds is 4. The van der Waals surface area contributed by atoms with Crippen molar-refractivity contribution in [1.82, 2.24) is 4.98 Å². The molecule has 0 amide bonds. The van der Waals surface area contributed by atoms with Gasteiger partial charge in [-0.15, -0.1) is 0 Å². The van der Waals surface area contributed by atoms with E-state index < -0.39 is 0 Å². The van der Waals surface area contributed by atoms with E-state index in [0.717, 1.165) is 29.2 Å². The fourth-order valence-electron chi connectivity index (χ4n) is 2.27. The molecule has 1 aromatic heterocycles. The lowest BCUT2D eigenvalue weighted by molar-refractivity contribution is 0.296. The van der Waals surface area contributed by atoms with E-state index in [1.807, 2.05) is 30.3 Å². The van der Waals surface area contributed by atoms with E-state index in [9.17, 15) is 0 Å². The first-order valence-electron chi connectivity index (χ1n) is 6.99. The summed E-state index contributed by atoms with van der Waals surface area (Å²) in [6.45, 7) is 2.00. The van der Waals surface area contributed by atoms with Crippen molar-refractivity contribution in [1.29, 1.82) is 0 Å². The van der Waals surface area contributed by atoms with Crippen LogP contribution in [0.4, 0.5) is 5.69 Å². The van der Waals surface area contributed by atoms with Gasteiger partial charge in [-0.25, -0.2) is 4.98 Å². The molecule has 2 aromatic rings. The molecule has 0 fully saturated rings. The molecule has 1 aromatic carbocycles. The number of hydrogen-bond donors (Lipinski definition) is 1. The number of nitrogens with zero attached hydrogens (tertiary/aromatic N) is 1. The lowest BCUT2D eigenvalue weighted by Gasteiger charge is -2.14. The second kappa shape index (κ2) is 6.35. The van der Waals surface area contributed by atoms with Crippen molar-refractivity contribution in [3.8, 4) is 17.4 Å². The maximum Gasteiger partial charge on any atom is 0.237 e. The molecule has 1 N–H and O–H groups in total. The van der Waals surface area contributed by atoms with Crippen LogP contribution in [0.25, 0.3) is 0 Å². The molecule has 0 unspecified atom stereocenters. The highest BCUT2D eigenvalue weighted by atomic mass is 16.5. The smallest absolute Gasteiger partial charge is 0.237 e. The number of anilines is 1. The van der Waals surface area contributed by atoms with Gasteiger partial charge in [-0.2, -0.15) is 0 Å². The highest BCUT2D eigenvalue weighted by molar-refractivity contribution is 5.54. The number of ether oxygens (including phenoxy) is 3. The van der Waals surface area contributed by atoms with E-state index in [4.69, 9.17) is 14.2 Å². The minimum atomic E-state index is 0.580. The monoisotopic (exact) mass is 286 g/mol. The Bertz CT molecular complexity index is 616. The van der Waals surface area contributed by atoms with Gasteiger partial charge < -0.3 is 19.5 Å². The van der Waals surface area contributed by atoms with Gasteiger partial charge in [0.15, 0.2) is 11.5 Å². The van der Waals surface area contributed by atoms with Gasteiger partial charge >= 0.3 is 0 Å². The largest absolute Gasteiger partial charge is 0.490 e. The van der Waals surface area contributed by atoms with Gasteiger partial charge in [0.05, 0.1) is 26.0 Å². The zero-order valence-corrected chi connectivity index (χ0v) is 12.0. The minimum absolute atomic E-state index is 0.580. The van der Waals surface area contributed by atoms with Crippen LogP contribution in [0.1, 0.15) is 12.0 Å². The van der Waals surface area contributed by atoms with Crippen LogP contribution < -0.4 is 19.5 Å². The van der Waals surface area contributed by atoms with E-state index in [-0.39, 0.29) is 0 Å². The van der Waals surface area contributed by atoms with Crippen molar-refractivity contribution in [2.45, 2.75) is 13.0 Å². The van der Waals surface area contributed by atoms with Gasteiger partial charge in [0.1, 0.15) is 0 Å². The summed E-state index contributed by atoms with van der Waals surface area (Å²) < 4.78 is 16.7. The number of para-hydroxylation sites is 1. The minimum Gasteiger partial charge on any atom is -0.490 e. The molecule has 0 atom stereocenters. The quantitative estimate of drug-likeness (QED) is 0.936. The van der Waals surface area contributed by atoms with Crippen molar-refractivity contribution in [3.63, 3.8) is 0 Å². The fraction of sp³-hybridized carbons (Fsp3) is 0.312. The van der Waals surface area contributed by atoms with Crippen LogP contribution in [0.2, 0.25) is 0 Å². The number of methoxy groups -OCH3 is 1. The number of pyridine rings is 1. The van der Waals surface area contributed by atoms with E-state index in [0.29, 0.717) is 25.6 Å². The first kappa shape index (κ1) is 13.5. The molecule has 110 valence electrons. The van der Waals surface area contributed by atoms with Gasteiger partial charge in [0, 0.05) is 24.7 Å². The van der Waals surface area contributed by atoms with Crippen LogP contribution in [0.3, 0.4) is 0 Å². The highest BCUT2D eigenvalue weighted by Crippen LogP contribution is 2.34. The number of nitrogens with one attached hydrogen (secondary N) is 1. The summed E-state index contributed by atoms with van der Waals surface area (Å²) in [6, 6.07) is 9.75.